The first-order chi connectivity index (χ1) is 9.92. The van der Waals surface area contributed by atoms with Gasteiger partial charge in [0.2, 0.25) is 0 Å². The van der Waals surface area contributed by atoms with Gasteiger partial charge < -0.3 is 5.32 Å². The molecule has 4 rings (SSSR count). The topological polar surface area (TPSA) is 37.8 Å². The third kappa shape index (κ3) is 2.11. The lowest BCUT2D eigenvalue weighted by molar-refractivity contribution is 0.917. The van der Waals surface area contributed by atoms with E-state index in [1.54, 1.807) is 6.33 Å². The van der Waals surface area contributed by atoms with Crippen LogP contribution in [0, 0.1) is 0 Å². The molecule has 0 aromatic carbocycles. The molecule has 0 saturated heterocycles. The lowest BCUT2D eigenvalue weighted by Crippen LogP contribution is -2.06. The maximum Gasteiger partial charge on any atom is 0.138 e. The lowest BCUT2D eigenvalue weighted by atomic mass is 10.2. The molecule has 3 heterocycles. The highest BCUT2D eigenvalue weighted by molar-refractivity contribution is 7.19. The van der Waals surface area contributed by atoms with Crippen molar-refractivity contribution in [3.05, 3.63) is 39.2 Å². The first kappa shape index (κ1) is 12.3. The number of aryl methyl sites for hydroxylation is 2. The Morgan fingerprint density at radius 1 is 1.25 bits per heavy atom. The van der Waals surface area contributed by atoms with Gasteiger partial charge in [-0.05, 0) is 42.7 Å². The average molecular weight is 301 g/mol. The Bertz CT molecular complexity index is 731. The van der Waals surface area contributed by atoms with Crippen molar-refractivity contribution in [2.24, 2.45) is 0 Å². The van der Waals surface area contributed by atoms with Crippen LogP contribution >= 0.6 is 22.7 Å². The lowest BCUT2D eigenvalue weighted by Gasteiger charge is -2.06. The summed E-state index contributed by atoms with van der Waals surface area (Å²) in [6.07, 6.45) is 6.41. The highest BCUT2D eigenvalue weighted by atomic mass is 32.1. The van der Waals surface area contributed by atoms with Gasteiger partial charge in [-0.15, -0.1) is 22.7 Å². The molecule has 3 aromatic rings. The van der Waals surface area contributed by atoms with E-state index in [2.05, 4.69) is 32.8 Å². The van der Waals surface area contributed by atoms with E-state index in [-0.39, 0.29) is 0 Å². The number of anilines is 1. The number of hydrogen-bond acceptors (Lipinski definition) is 5. The van der Waals surface area contributed by atoms with E-state index in [1.807, 2.05) is 22.7 Å². The van der Waals surface area contributed by atoms with Crippen molar-refractivity contribution in [3.63, 3.8) is 0 Å². The summed E-state index contributed by atoms with van der Waals surface area (Å²) in [5.41, 5.74) is 1.49. The van der Waals surface area contributed by atoms with Crippen molar-refractivity contribution in [1.29, 1.82) is 0 Å². The SMILES string of the molecule is c1csc(CCNc2ncnc3sc4c(c23)CCC4)c1. The van der Waals surface area contributed by atoms with Crippen molar-refractivity contribution in [1.82, 2.24) is 9.97 Å². The summed E-state index contributed by atoms with van der Waals surface area (Å²) in [6, 6.07) is 4.29. The molecule has 0 unspecified atom stereocenters. The summed E-state index contributed by atoms with van der Waals surface area (Å²) >= 11 is 3.66. The Kier molecular flexibility index (Phi) is 3.16. The zero-order valence-corrected chi connectivity index (χ0v) is 12.7. The van der Waals surface area contributed by atoms with Gasteiger partial charge in [0.25, 0.3) is 0 Å². The van der Waals surface area contributed by atoms with Gasteiger partial charge >= 0.3 is 0 Å². The van der Waals surface area contributed by atoms with Crippen molar-refractivity contribution in [2.45, 2.75) is 25.7 Å². The quantitative estimate of drug-likeness (QED) is 0.794. The number of fused-ring (bicyclic) bond motifs is 3. The van der Waals surface area contributed by atoms with Crippen LogP contribution in [0.1, 0.15) is 21.7 Å². The van der Waals surface area contributed by atoms with Gasteiger partial charge in [-0.1, -0.05) is 6.07 Å². The molecule has 3 nitrogen and oxygen atoms in total. The van der Waals surface area contributed by atoms with Gasteiger partial charge in [0.1, 0.15) is 17.0 Å². The molecule has 0 spiro atoms. The van der Waals surface area contributed by atoms with Gasteiger partial charge in [-0.25, -0.2) is 9.97 Å². The second-order valence-corrected chi connectivity index (χ2v) is 7.13. The van der Waals surface area contributed by atoms with E-state index < -0.39 is 0 Å². The van der Waals surface area contributed by atoms with E-state index >= 15 is 0 Å². The van der Waals surface area contributed by atoms with Crippen LogP contribution in [0.4, 0.5) is 5.82 Å². The van der Waals surface area contributed by atoms with Gasteiger partial charge in [0.15, 0.2) is 0 Å². The molecular formula is C15H15N3S2. The molecule has 0 atom stereocenters. The minimum Gasteiger partial charge on any atom is -0.369 e. The predicted octanol–water partition coefficient (Wildman–Crippen LogP) is 3.90. The van der Waals surface area contributed by atoms with Gasteiger partial charge in [0.05, 0.1) is 5.39 Å². The standard InChI is InChI=1S/C15H15N3S2/c1-4-11-12(5-1)20-15-13(11)14(17-9-18-15)16-7-6-10-3-2-8-19-10/h2-3,8-9H,1,4-7H2,(H,16,17,18). The van der Waals surface area contributed by atoms with Crippen LogP contribution in [0.2, 0.25) is 0 Å². The van der Waals surface area contributed by atoms with Crippen molar-refractivity contribution < 1.29 is 0 Å². The maximum absolute atomic E-state index is 4.46. The molecule has 1 aliphatic rings. The Morgan fingerprint density at radius 2 is 2.25 bits per heavy atom. The molecule has 0 bridgehead atoms. The molecule has 20 heavy (non-hydrogen) atoms. The molecule has 102 valence electrons. The third-order valence-electron chi connectivity index (χ3n) is 3.75. The smallest absolute Gasteiger partial charge is 0.138 e. The number of thiophene rings is 2. The zero-order valence-electron chi connectivity index (χ0n) is 11.1. The van der Waals surface area contributed by atoms with Crippen LogP contribution in [0.25, 0.3) is 10.2 Å². The minimum absolute atomic E-state index is 0.928. The van der Waals surface area contributed by atoms with Gasteiger partial charge in [-0.3, -0.25) is 0 Å². The molecule has 1 aliphatic carbocycles. The van der Waals surface area contributed by atoms with Crippen molar-refractivity contribution in [2.75, 3.05) is 11.9 Å². The zero-order chi connectivity index (χ0) is 13.4. The Morgan fingerprint density at radius 3 is 3.15 bits per heavy atom. The van der Waals surface area contributed by atoms with E-state index in [0.29, 0.717) is 0 Å². The summed E-state index contributed by atoms with van der Waals surface area (Å²) in [5.74, 6) is 1.02. The Balaban J connectivity index is 1.59. The number of rotatable bonds is 4. The maximum atomic E-state index is 4.46. The Hall–Kier alpha value is -1.46. The fourth-order valence-corrected chi connectivity index (χ4v) is 4.76. The highest BCUT2D eigenvalue weighted by Gasteiger charge is 2.20. The summed E-state index contributed by atoms with van der Waals surface area (Å²) < 4.78 is 0. The molecule has 5 heteroatoms. The fraction of sp³-hybridized carbons (Fsp3) is 0.333. The molecule has 0 fully saturated rings. The molecular weight excluding hydrogens is 286 g/mol. The van der Waals surface area contributed by atoms with Crippen LogP contribution < -0.4 is 5.32 Å². The van der Waals surface area contributed by atoms with Crippen LogP contribution in [0.3, 0.4) is 0 Å². The van der Waals surface area contributed by atoms with E-state index in [1.165, 1.54) is 40.0 Å². The summed E-state index contributed by atoms with van der Waals surface area (Å²) in [7, 11) is 0. The minimum atomic E-state index is 0.928. The van der Waals surface area contributed by atoms with Gasteiger partial charge in [-0.2, -0.15) is 0 Å². The van der Waals surface area contributed by atoms with Crippen LogP contribution in [0.5, 0.6) is 0 Å². The van der Waals surface area contributed by atoms with Crippen molar-refractivity contribution >= 4 is 38.7 Å². The van der Waals surface area contributed by atoms with Crippen LogP contribution in [-0.4, -0.2) is 16.5 Å². The summed E-state index contributed by atoms with van der Waals surface area (Å²) in [4.78, 5) is 13.0. The molecule has 0 amide bonds. The summed E-state index contributed by atoms with van der Waals surface area (Å²) in [6.45, 7) is 0.928. The van der Waals surface area contributed by atoms with E-state index in [0.717, 1.165) is 23.6 Å². The predicted molar refractivity (Wildman–Crippen MR) is 86.0 cm³/mol. The van der Waals surface area contributed by atoms with Crippen LogP contribution in [0.15, 0.2) is 23.8 Å². The number of hydrogen-bond donors (Lipinski definition) is 1. The largest absolute Gasteiger partial charge is 0.369 e. The fourth-order valence-electron chi connectivity index (χ4n) is 2.82. The first-order valence-corrected chi connectivity index (χ1v) is 8.63. The number of nitrogens with one attached hydrogen (secondary N) is 1. The average Bonchev–Trinajstić information content (AvgIpc) is 3.14. The molecule has 1 N–H and O–H groups in total. The molecule has 0 saturated carbocycles. The normalized spacial score (nSPS) is 13.8. The van der Waals surface area contributed by atoms with Crippen molar-refractivity contribution in [3.8, 4) is 0 Å². The molecule has 0 radical (unpaired) electrons. The van der Waals surface area contributed by atoms with Gasteiger partial charge in [0, 0.05) is 16.3 Å². The second-order valence-electron chi connectivity index (χ2n) is 5.02. The number of nitrogens with zero attached hydrogens (tertiary/aromatic N) is 2. The number of aromatic nitrogens is 2. The monoisotopic (exact) mass is 301 g/mol. The Labute approximate surface area is 125 Å². The third-order valence-corrected chi connectivity index (χ3v) is 5.88. The molecule has 3 aromatic heterocycles. The van der Waals surface area contributed by atoms with Crippen LogP contribution in [-0.2, 0) is 19.3 Å². The molecule has 0 aliphatic heterocycles. The summed E-state index contributed by atoms with van der Waals surface area (Å²) in [5, 5.41) is 6.91. The van der Waals surface area contributed by atoms with E-state index in [4.69, 9.17) is 0 Å². The second kappa shape index (κ2) is 5.14. The first-order valence-electron chi connectivity index (χ1n) is 6.93. The van der Waals surface area contributed by atoms with E-state index in [9.17, 15) is 0 Å². The highest BCUT2D eigenvalue weighted by Crippen LogP contribution is 2.38.